The van der Waals surface area contributed by atoms with Crippen LogP contribution in [0.3, 0.4) is 0 Å². The Morgan fingerprint density at radius 2 is 2.06 bits per heavy atom. The molecule has 1 aromatic rings. The number of rotatable bonds is 8. The first-order valence-electron chi connectivity index (χ1n) is 6.43. The Morgan fingerprint density at radius 1 is 1.33 bits per heavy atom. The van der Waals surface area contributed by atoms with Crippen LogP contribution in [0.5, 0.6) is 5.75 Å². The SMILES string of the molecule is CCN(CCN)C(=O)CCCOc1ccccc1. The highest BCUT2D eigenvalue weighted by molar-refractivity contribution is 5.76. The number of carbonyl (C=O) groups is 1. The summed E-state index contributed by atoms with van der Waals surface area (Å²) in [5.41, 5.74) is 5.46. The van der Waals surface area contributed by atoms with E-state index in [1.807, 2.05) is 37.3 Å². The summed E-state index contributed by atoms with van der Waals surface area (Å²) in [5, 5.41) is 0. The van der Waals surface area contributed by atoms with Crippen LogP contribution in [0.4, 0.5) is 0 Å². The first kappa shape index (κ1) is 14.5. The van der Waals surface area contributed by atoms with Crippen LogP contribution in [0.25, 0.3) is 0 Å². The van der Waals surface area contributed by atoms with Gasteiger partial charge < -0.3 is 15.4 Å². The van der Waals surface area contributed by atoms with E-state index in [1.54, 1.807) is 4.90 Å². The van der Waals surface area contributed by atoms with Gasteiger partial charge in [-0.05, 0) is 25.5 Å². The van der Waals surface area contributed by atoms with E-state index in [9.17, 15) is 4.79 Å². The molecule has 1 rings (SSSR count). The Balaban J connectivity index is 2.19. The Kier molecular flexibility index (Phi) is 6.87. The van der Waals surface area contributed by atoms with E-state index < -0.39 is 0 Å². The highest BCUT2D eigenvalue weighted by atomic mass is 16.5. The maximum Gasteiger partial charge on any atom is 0.222 e. The van der Waals surface area contributed by atoms with Gasteiger partial charge in [-0.1, -0.05) is 18.2 Å². The summed E-state index contributed by atoms with van der Waals surface area (Å²) < 4.78 is 5.53. The average Bonchev–Trinajstić information content (AvgIpc) is 2.42. The van der Waals surface area contributed by atoms with Gasteiger partial charge in [-0.2, -0.15) is 0 Å². The normalized spacial score (nSPS) is 10.1. The third-order valence-corrected chi connectivity index (χ3v) is 2.68. The van der Waals surface area contributed by atoms with Gasteiger partial charge in [0.15, 0.2) is 0 Å². The smallest absolute Gasteiger partial charge is 0.222 e. The van der Waals surface area contributed by atoms with Crippen LogP contribution < -0.4 is 10.5 Å². The van der Waals surface area contributed by atoms with Crippen molar-refractivity contribution in [3.63, 3.8) is 0 Å². The molecule has 0 aliphatic heterocycles. The van der Waals surface area contributed by atoms with Gasteiger partial charge in [-0.25, -0.2) is 0 Å². The monoisotopic (exact) mass is 250 g/mol. The van der Waals surface area contributed by atoms with Gasteiger partial charge >= 0.3 is 0 Å². The van der Waals surface area contributed by atoms with Crippen molar-refractivity contribution in [2.45, 2.75) is 19.8 Å². The average molecular weight is 250 g/mol. The molecule has 1 aromatic carbocycles. The standard InChI is InChI=1S/C14H22N2O2/c1-2-16(11-10-15)14(17)9-6-12-18-13-7-4-3-5-8-13/h3-5,7-8H,2,6,9-12,15H2,1H3. The van der Waals surface area contributed by atoms with Crippen LogP contribution >= 0.6 is 0 Å². The molecule has 0 radical (unpaired) electrons. The van der Waals surface area contributed by atoms with Gasteiger partial charge in [-0.3, -0.25) is 4.79 Å². The van der Waals surface area contributed by atoms with E-state index >= 15 is 0 Å². The van der Waals surface area contributed by atoms with Crippen molar-refractivity contribution in [1.82, 2.24) is 4.90 Å². The lowest BCUT2D eigenvalue weighted by Gasteiger charge is -2.19. The molecule has 4 nitrogen and oxygen atoms in total. The summed E-state index contributed by atoms with van der Waals surface area (Å²) in [6.07, 6.45) is 1.25. The lowest BCUT2D eigenvalue weighted by atomic mass is 10.3. The van der Waals surface area contributed by atoms with Crippen molar-refractivity contribution in [3.8, 4) is 5.75 Å². The molecule has 0 aromatic heterocycles. The van der Waals surface area contributed by atoms with Crippen LogP contribution in [-0.2, 0) is 4.79 Å². The van der Waals surface area contributed by atoms with Gasteiger partial charge in [-0.15, -0.1) is 0 Å². The molecule has 0 fully saturated rings. The molecule has 0 aliphatic rings. The summed E-state index contributed by atoms with van der Waals surface area (Å²) in [4.78, 5) is 13.6. The largest absolute Gasteiger partial charge is 0.494 e. The molecule has 0 aliphatic carbocycles. The molecule has 0 heterocycles. The van der Waals surface area contributed by atoms with Crippen LogP contribution in [0.15, 0.2) is 30.3 Å². The number of hydrogen-bond acceptors (Lipinski definition) is 3. The van der Waals surface area contributed by atoms with Crippen LogP contribution in [0, 0.1) is 0 Å². The van der Waals surface area contributed by atoms with Crippen molar-refractivity contribution < 1.29 is 9.53 Å². The third kappa shape index (κ3) is 5.19. The number of carbonyl (C=O) groups excluding carboxylic acids is 1. The minimum Gasteiger partial charge on any atom is -0.494 e. The van der Waals surface area contributed by atoms with Crippen LogP contribution in [0.2, 0.25) is 0 Å². The summed E-state index contributed by atoms with van der Waals surface area (Å²) in [6, 6.07) is 9.63. The third-order valence-electron chi connectivity index (χ3n) is 2.68. The number of para-hydroxylation sites is 1. The van der Waals surface area contributed by atoms with E-state index in [2.05, 4.69) is 0 Å². The number of nitrogens with two attached hydrogens (primary N) is 1. The zero-order valence-electron chi connectivity index (χ0n) is 11.0. The number of ether oxygens (including phenoxy) is 1. The fourth-order valence-corrected chi connectivity index (χ4v) is 1.70. The van der Waals surface area contributed by atoms with Gasteiger partial charge in [0, 0.05) is 26.1 Å². The molecular weight excluding hydrogens is 228 g/mol. The zero-order valence-corrected chi connectivity index (χ0v) is 11.0. The Hall–Kier alpha value is -1.55. The second-order valence-corrected chi connectivity index (χ2v) is 4.03. The van der Waals surface area contributed by atoms with E-state index in [0.717, 1.165) is 18.7 Å². The van der Waals surface area contributed by atoms with Crippen LogP contribution in [-0.4, -0.2) is 37.0 Å². The molecule has 1 amide bonds. The number of amides is 1. The quantitative estimate of drug-likeness (QED) is 0.714. The van der Waals surface area contributed by atoms with Gasteiger partial charge in [0.05, 0.1) is 6.61 Å². The summed E-state index contributed by atoms with van der Waals surface area (Å²) in [6.45, 7) is 4.40. The van der Waals surface area contributed by atoms with Gasteiger partial charge in [0.25, 0.3) is 0 Å². The van der Waals surface area contributed by atoms with Crippen molar-refractivity contribution >= 4 is 5.91 Å². The molecule has 0 unspecified atom stereocenters. The molecule has 0 saturated carbocycles. The van der Waals surface area contributed by atoms with Crippen molar-refractivity contribution in [3.05, 3.63) is 30.3 Å². The number of hydrogen-bond donors (Lipinski definition) is 1. The minimum atomic E-state index is 0.152. The highest BCUT2D eigenvalue weighted by Gasteiger charge is 2.09. The van der Waals surface area contributed by atoms with Crippen molar-refractivity contribution in [2.75, 3.05) is 26.2 Å². The maximum atomic E-state index is 11.8. The van der Waals surface area contributed by atoms with Gasteiger partial charge in [0.1, 0.15) is 5.75 Å². The molecule has 0 atom stereocenters. The molecular formula is C14H22N2O2. The lowest BCUT2D eigenvalue weighted by molar-refractivity contribution is -0.131. The Labute approximate surface area is 109 Å². The molecule has 2 N–H and O–H groups in total. The fraction of sp³-hybridized carbons (Fsp3) is 0.500. The Morgan fingerprint density at radius 3 is 2.67 bits per heavy atom. The van der Waals surface area contributed by atoms with E-state index in [0.29, 0.717) is 26.1 Å². The predicted molar refractivity (Wildman–Crippen MR) is 72.5 cm³/mol. The molecule has 4 heteroatoms. The number of likely N-dealkylation sites (N-methyl/N-ethyl adjacent to an activating group) is 1. The first-order chi connectivity index (χ1) is 8.77. The topological polar surface area (TPSA) is 55.6 Å². The highest BCUT2D eigenvalue weighted by Crippen LogP contribution is 2.09. The first-order valence-corrected chi connectivity index (χ1v) is 6.43. The molecule has 0 saturated heterocycles. The summed E-state index contributed by atoms with van der Waals surface area (Å²) >= 11 is 0. The summed E-state index contributed by atoms with van der Waals surface area (Å²) in [5.74, 6) is 0.999. The molecule has 18 heavy (non-hydrogen) atoms. The Bertz CT molecular complexity index is 341. The fourth-order valence-electron chi connectivity index (χ4n) is 1.70. The zero-order chi connectivity index (χ0) is 13.2. The van der Waals surface area contributed by atoms with E-state index in [4.69, 9.17) is 10.5 Å². The maximum absolute atomic E-state index is 11.8. The van der Waals surface area contributed by atoms with Gasteiger partial charge in [0.2, 0.25) is 5.91 Å². The van der Waals surface area contributed by atoms with Crippen molar-refractivity contribution in [2.24, 2.45) is 5.73 Å². The lowest BCUT2D eigenvalue weighted by Crippen LogP contribution is -2.35. The second kappa shape index (κ2) is 8.53. The minimum absolute atomic E-state index is 0.152. The number of benzene rings is 1. The molecule has 100 valence electrons. The second-order valence-electron chi connectivity index (χ2n) is 4.03. The van der Waals surface area contributed by atoms with E-state index in [-0.39, 0.29) is 5.91 Å². The number of nitrogens with zero attached hydrogens (tertiary/aromatic N) is 1. The summed E-state index contributed by atoms with van der Waals surface area (Å²) in [7, 11) is 0. The van der Waals surface area contributed by atoms with Crippen LogP contribution in [0.1, 0.15) is 19.8 Å². The van der Waals surface area contributed by atoms with Crippen molar-refractivity contribution in [1.29, 1.82) is 0 Å². The predicted octanol–water partition coefficient (Wildman–Crippen LogP) is 1.65. The molecule has 0 spiro atoms. The van der Waals surface area contributed by atoms with E-state index in [1.165, 1.54) is 0 Å². The molecule has 0 bridgehead atoms.